The maximum atomic E-state index is 12.0. The fraction of sp³-hybridized carbons (Fsp3) is 0.933. The highest BCUT2D eigenvalue weighted by molar-refractivity contribution is 5.81. The molecule has 0 bridgehead atoms. The fourth-order valence-corrected chi connectivity index (χ4v) is 3.30. The zero-order valence-electron chi connectivity index (χ0n) is 12.2. The van der Waals surface area contributed by atoms with Crippen molar-refractivity contribution in [2.45, 2.75) is 57.1 Å². The van der Waals surface area contributed by atoms with Crippen LogP contribution in [0.4, 0.5) is 0 Å². The minimum atomic E-state index is -0.475. The summed E-state index contributed by atoms with van der Waals surface area (Å²) >= 11 is 0. The highest BCUT2D eigenvalue weighted by atomic mass is 16.5. The van der Waals surface area contributed by atoms with Crippen molar-refractivity contribution < 1.29 is 14.6 Å². The highest BCUT2D eigenvalue weighted by Crippen LogP contribution is 2.26. The van der Waals surface area contributed by atoms with Crippen molar-refractivity contribution in [1.82, 2.24) is 5.32 Å². The van der Waals surface area contributed by atoms with E-state index >= 15 is 0 Å². The number of aliphatic hydroxyl groups is 1. The van der Waals surface area contributed by atoms with Gasteiger partial charge in [-0.1, -0.05) is 19.3 Å². The molecule has 1 aliphatic carbocycles. The summed E-state index contributed by atoms with van der Waals surface area (Å²) in [5, 5.41) is 13.0. The van der Waals surface area contributed by atoms with Gasteiger partial charge in [0, 0.05) is 19.8 Å². The number of ether oxygens (including phenoxy) is 1. The van der Waals surface area contributed by atoms with Gasteiger partial charge in [-0.15, -0.1) is 0 Å². The van der Waals surface area contributed by atoms with Crippen LogP contribution in [-0.2, 0) is 9.53 Å². The standard InChI is InChI=1S/C15H28N2O3/c16-14(12-6-8-20-9-7-12)15(19)17-10-13(18)11-4-2-1-3-5-11/h11-14,18H,1-10,16H2,(H,17,19). The molecule has 1 saturated heterocycles. The Hall–Kier alpha value is -0.650. The molecule has 1 amide bonds. The first kappa shape index (κ1) is 15.7. The van der Waals surface area contributed by atoms with E-state index in [2.05, 4.69) is 5.32 Å². The second kappa shape index (κ2) is 7.96. The lowest BCUT2D eigenvalue weighted by atomic mass is 9.85. The minimum absolute atomic E-state index is 0.133. The molecule has 2 rings (SSSR count). The molecule has 20 heavy (non-hydrogen) atoms. The molecule has 1 saturated carbocycles. The molecule has 4 N–H and O–H groups in total. The van der Waals surface area contributed by atoms with Gasteiger partial charge in [-0.25, -0.2) is 0 Å². The van der Waals surface area contributed by atoms with Crippen molar-refractivity contribution in [3.05, 3.63) is 0 Å². The van der Waals surface area contributed by atoms with Crippen molar-refractivity contribution in [2.24, 2.45) is 17.6 Å². The lowest BCUT2D eigenvalue weighted by molar-refractivity contribution is -0.125. The van der Waals surface area contributed by atoms with E-state index in [-0.39, 0.29) is 11.8 Å². The van der Waals surface area contributed by atoms with Gasteiger partial charge in [0.15, 0.2) is 0 Å². The van der Waals surface area contributed by atoms with Crippen LogP contribution in [0, 0.1) is 11.8 Å². The summed E-state index contributed by atoms with van der Waals surface area (Å²) in [5.74, 6) is 0.408. The van der Waals surface area contributed by atoms with Gasteiger partial charge in [0.05, 0.1) is 12.1 Å². The van der Waals surface area contributed by atoms with E-state index in [1.54, 1.807) is 0 Å². The van der Waals surface area contributed by atoms with Crippen LogP contribution < -0.4 is 11.1 Å². The van der Waals surface area contributed by atoms with Crippen LogP contribution in [0.25, 0.3) is 0 Å². The summed E-state index contributed by atoms with van der Waals surface area (Å²) in [6.07, 6.45) is 7.06. The number of nitrogens with two attached hydrogens (primary N) is 1. The summed E-state index contributed by atoms with van der Waals surface area (Å²) in [6, 6.07) is -0.475. The Bertz CT molecular complexity index is 299. The molecule has 2 unspecified atom stereocenters. The summed E-state index contributed by atoms with van der Waals surface area (Å²) < 4.78 is 5.28. The normalized spacial score (nSPS) is 25.1. The molecule has 0 aromatic heterocycles. The minimum Gasteiger partial charge on any atom is -0.391 e. The summed E-state index contributed by atoms with van der Waals surface area (Å²) in [6.45, 7) is 1.72. The molecule has 2 aliphatic rings. The Labute approximate surface area is 121 Å². The number of carbonyl (C=O) groups excluding carboxylic acids is 1. The lowest BCUT2D eigenvalue weighted by Gasteiger charge is -2.29. The molecule has 2 atom stereocenters. The Morgan fingerprint density at radius 3 is 2.45 bits per heavy atom. The van der Waals surface area contributed by atoms with Gasteiger partial charge in [-0.05, 0) is 37.5 Å². The van der Waals surface area contributed by atoms with Crippen molar-refractivity contribution in [3.63, 3.8) is 0 Å². The van der Waals surface area contributed by atoms with Gasteiger partial charge in [-0.2, -0.15) is 0 Å². The third kappa shape index (κ3) is 4.43. The van der Waals surface area contributed by atoms with Crippen LogP contribution in [0.2, 0.25) is 0 Å². The van der Waals surface area contributed by atoms with Crippen LogP contribution >= 0.6 is 0 Å². The number of amides is 1. The van der Waals surface area contributed by atoms with Crippen LogP contribution in [0.1, 0.15) is 44.9 Å². The zero-order chi connectivity index (χ0) is 14.4. The first-order valence-corrected chi connectivity index (χ1v) is 7.97. The Kier molecular flexibility index (Phi) is 6.26. The highest BCUT2D eigenvalue weighted by Gasteiger charge is 2.28. The smallest absolute Gasteiger partial charge is 0.237 e. The molecule has 5 nitrogen and oxygen atoms in total. The van der Waals surface area contributed by atoms with Gasteiger partial charge in [0.1, 0.15) is 0 Å². The summed E-state index contributed by atoms with van der Waals surface area (Å²) in [4.78, 5) is 12.0. The Morgan fingerprint density at radius 1 is 1.15 bits per heavy atom. The van der Waals surface area contributed by atoms with E-state index in [0.29, 0.717) is 25.7 Å². The molecule has 1 heterocycles. The largest absolute Gasteiger partial charge is 0.391 e. The number of carbonyl (C=O) groups is 1. The molecule has 5 heteroatoms. The van der Waals surface area contributed by atoms with Crippen LogP contribution in [0.5, 0.6) is 0 Å². The average molecular weight is 284 g/mol. The molecule has 116 valence electrons. The van der Waals surface area contributed by atoms with Crippen molar-refractivity contribution >= 4 is 5.91 Å². The lowest BCUT2D eigenvalue weighted by Crippen LogP contribution is -2.49. The molecular formula is C15H28N2O3. The topological polar surface area (TPSA) is 84.6 Å². The van der Waals surface area contributed by atoms with Crippen LogP contribution in [0.15, 0.2) is 0 Å². The Morgan fingerprint density at radius 2 is 1.80 bits per heavy atom. The van der Waals surface area contributed by atoms with E-state index in [4.69, 9.17) is 10.5 Å². The predicted octanol–water partition coefficient (Wildman–Crippen LogP) is 0.798. The molecule has 0 aromatic rings. The third-order valence-corrected chi connectivity index (χ3v) is 4.76. The van der Waals surface area contributed by atoms with Crippen molar-refractivity contribution in [1.29, 1.82) is 0 Å². The molecule has 0 aromatic carbocycles. The van der Waals surface area contributed by atoms with E-state index in [9.17, 15) is 9.90 Å². The molecular weight excluding hydrogens is 256 g/mol. The third-order valence-electron chi connectivity index (χ3n) is 4.76. The van der Waals surface area contributed by atoms with Gasteiger partial charge in [-0.3, -0.25) is 4.79 Å². The van der Waals surface area contributed by atoms with E-state index in [1.807, 2.05) is 0 Å². The first-order chi connectivity index (χ1) is 9.68. The van der Waals surface area contributed by atoms with Gasteiger partial charge in [0.2, 0.25) is 5.91 Å². The first-order valence-electron chi connectivity index (χ1n) is 7.97. The monoisotopic (exact) mass is 284 g/mol. The zero-order valence-corrected chi connectivity index (χ0v) is 12.2. The maximum Gasteiger partial charge on any atom is 0.237 e. The van der Waals surface area contributed by atoms with Gasteiger partial charge < -0.3 is 20.9 Å². The molecule has 2 fully saturated rings. The van der Waals surface area contributed by atoms with E-state index in [0.717, 1.165) is 25.7 Å². The number of rotatable bonds is 5. The number of aliphatic hydroxyl groups excluding tert-OH is 1. The fourth-order valence-electron chi connectivity index (χ4n) is 3.30. The SMILES string of the molecule is NC(C(=O)NCC(O)C1CCCCC1)C1CCOCC1. The van der Waals surface area contributed by atoms with Gasteiger partial charge >= 0.3 is 0 Å². The number of nitrogens with one attached hydrogen (secondary N) is 1. The second-order valence-electron chi connectivity index (χ2n) is 6.19. The summed E-state index contributed by atoms with van der Waals surface area (Å²) in [5.41, 5.74) is 6.01. The molecule has 0 spiro atoms. The second-order valence-corrected chi connectivity index (χ2v) is 6.19. The average Bonchev–Trinajstić information content (AvgIpc) is 2.53. The van der Waals surface area contributed by atoms with Crippen molar-refractivity contribution in [3.8, 4) is 0 Å². The number of hydrogen-bond donors (Lipinski definition) is 3. The van der Waals surface area contributed by atoms with Crippen LogP contribution in [0.3, 0.4) is 0 Å². The Balaban J connectivity index is 1.70. The van der Waals surface area contributed by atoms with E-state index < -0.39 is 12.1 Å². The van der Waals surface area contributed by atoms with Gasteiger partial charge in [0.25, 0.3) is 0 Å². The summed E-state index contributed by atoms with van der Waals surface area (Å²) in [7, 11) is 0. The predicted molar refractivity (Wildman–Crippen MR) is 77.1 cm³/mol. The molecule has 1 aliphatic heterocycles. The maximum absolute atomic E-state index is 12.0. The number of hydrogen-bond acceptors (Lipinski definition) is 4. The van der Waals surface area contributed by atoms with Crippen LogP contribution in [-0.4, -0.2) is 42.9 Å². The molecule has 0 radical (unpaired) electrons. The quantitative estimate of drug-likeness (QED) is 0.697. The van der Waals surface area contributed by atoms with E-state index in [1.165, 1.54) is 19.3 Å². The van der Waals surface area contributed by atoms with Crippen molar-refractivity contribution in [2.75, 3.05) is 19.8 Å².